The van der Waals surface area contributed by atoms with Crippen molar-refractivity contribution in [3.8, 4) is 11.5 Å². The van der Waals surface area contributed by atoms with Gasteiger partial charge in [0.25, 0.3) is 5.53 Å². The van der Waals surface area contributed by atoms with Crippen LogP contribution in [0.5, 0.6) is 11.5 Å². The highest BCUT2D eigenvalue weighted by Gasteiger charge is 2.26. The number of hydrogen-bond acceptors (Lipinski definition) is 2. The Hall–Kier alpha value is -1.05. The summed E-state index contributed by atoms with van der Waals surface area (Å²) in [6.45, 7) is 2.03. The normalized spacial score (nSPS) is 10.4. The molecule has 0 aromatic heterocycles. The molecule has 0 aliphatic carbocycles. The first-order chi connectivity index (χ1) is 8.72. The van der Waals surface area contributed by atoms with Gasteiger partial charge in [-0.3, -0.25) is 0 Å². The minimum Gasteiger partial charge on any atom is -0.449 e. The second kappa shape index (κ2) is 7.52. The second-order valence-corrected chi connectivity index (χ2v) is 4.88. The Morgan fingerprint density at radius 3 is 1.53 bits per heavy atom. The first-order valence-electron chi connectivity index (χ1n) is 5.99. The maximum absolute atomic E-state index is 5.90. The monoisotopic (exact) mass is 340 g/mol. The Bertz CT molecular complexity index is 435. The standard InChI is InChI=1S/C15H17O2P.BrH/c1-2-15(18,16-13-9-5-3-6-10-13)17-14-11-7-4-8-12-14;/h3-12H,2,18H2,1H3;1H. The van der Waals surface area contributed by atoms with Gasteiger partial charge in [-0.2, -0.15) is 0 Å². The number of ether oxygens (including phenoxy) is 2. The van der Waals surface area contributed by atoms with Crippen molar-refractivity contribution in [1.29, 1.82) is 0 Å². The van der Waals surface area contributed by atoms with E-state index in [1.165, 1.54) is 0 Å². The van der Waals surface area contributed by atoms with Crippen LogP contribution >= 0.6 is 26.2 Å². The van der Waals surface area contributed by atoms with E-state index in [0.29, 0.717) is 0 Å². The molecule has 102 valence electrons. The van der Waals surface area contributed by atoms with Crippen molar-refractivity contribution < 1.29 is 9.47 Å². The van der Waals surface area contributed by atoms with E-state index in [2.05, 4.69) is 9.24 Å². The summed E-state index contributed by atoms with van der Waals surface area (Å²) in [5, 5.41) is 0. The van der Waals surface area contributed by atoms with Gasteiger partial charge >= 0.3 is 0 Å². The molecule has 2 aromatic rings. The van der Waals surface area contributed by atoms with E-state index in [0.717, 1.165) is 17.9 Å². The largest absolute Gasteiger partial charge is 0.449 e. The highest BCUT2D eigenvalue weighted by atomic mass is 79.9. The molecule has 1 unspecified atom stereocenters. The minimum absolute atomic E-state index is 0. The lowest BCUT2D eigenvalue weighted by atomic mass is 10.3. The van der Waals surface area contributed by atoms with E-state index in [1.807, 2.05) is 67.6 Å². The molecule has 0 aliphatic heterocycles. The van der Waals surface area contributed by atoms with Crippen LogP contribution in [0.4, 0.5) is 0 Å². The molecule has 2 nitrogen and oxygen atoms in total. The molecule has 0 heterocycles. The van der Waals surface area contributed by atoms with Crippen LogP contribution in [0.2, 0.25) is 0 Å². The van der Waals surface area contributed by atoms with Crippen LogP contribution < -0.4 is 9.47 Å². The van der Waals surface area contributed by atoms with Gasteiger partial charge in [0.2, 0.25) is 0 Å². The van der Waals surface area contributed by atoms with Crippen molar-refractivity contribution in [2.75, 3.05) is 0 Å². The molecule has 0 aliphatic rings. The van der Waals surface area contributed by atoms with Gasteiger partial charge in [0.1, 0.15) is 11.5 Å². The third kappa shape index (κ3) is 4.85. The number of halogens is 1. The topological polar surface area (TPSA) is 18.5 Å². The van der Waals surface area contributed by atoms with Crippen LogP contribution in [0.15, 0.2) is 60.7 Å². The number of benzene rings is 2. The minimum atomic E-state index is -0.733. The Labute approximate surface area is 127 Å². The fourth-order valence-corrected chi connectivity index (χ4v) is 1.81. The highest BCUT2D eigenvalue weighted by Crippen LogP contribution is 2.30. The maximum atomic E-state index is 5.90. The van der Waals surface area contributed by atoms with Crippen molar-refractivity contribution >= 4 is 26.2 Å². The molecule has 0 N–H and O–H groups in total. The van der Waals surface area contributed by atoms with Gasteiger partial charge in [0.05, 0.1) is 0 Å². The quantitative estimate of drug-likeness (QED) is 0.582. The van der Waals surface area contributed by atoms with Gasteiger partial charge in [-0.25, -0.2) is 0 Å². The van der Waals surface area contributed by atoms with E-state index < -0.39 is 5.53 Å². The first kappa shape index (κ1) is 16.0. The van der Waals surface area contributed by atoms with Gasteiger partial charge in [0, 0.05) is 6.42 Å². The van der Waals surface area contributed by atoms with Gasteiger partial charge in [-0.15, -0.1) is 17.0 Å². The molecule has 1 atom stereocenters. The molecule has 2 aromatic carbocycles. The number of hydrogen-bond donors (Lipinski definition) is 0. The summed E-state index contributed by atoms with van der Waals surface area (Å²) >= 11 is 0. The van der Waals surface area contributed by atoms with Crippen molar-refractivity contribution in [3.63, 3.8) is 0 Å². The predicted octanol–water partition coefficient (Wildman–Crippen LogP) is 4.66. The third-order valence-corrected chi connectivity index (χ3v) is 3.20. The molecule has 0 bridgehead atoms. The number of rotatable bonds is 5. The van der Waals surface area contributed by atoms with Crippen molar-refractivity contribution in [3.05, 3.63) is 60.7 Å². The Morgan fingerprint density at radius 1 is 0.842 bits per heavy atom. The molecule has 2 rings (SSSR count). The fraction of sp³-hybridized carbons (Fsp3) is 0.200. The van der Waals surface area contributed by atoms with Crippen molar-refractivity contribution in [1.82, 2.24) is 0 Å². The summed E-state index contributed by atoms with van der Waals surface area (Å²) in [6.07, 6.45) is 0.724. The van der Waals surface area contributed by atoms with Gasteiger partial charge in [0.15, 0.2) is 0 Å². The van der Waals surface area contributed by atoms with Crippen LogP contribution in [-0.4, -0.2) is 5.53 Å². The third-order valence-electron chi connectivity index (χ3n) is 2.56. The average Bonchev–Trinajstić information content (AvgIpc) is 2.41. The van der Waals surface area contributed by atoms with Crippen LogP contribution in [-0.2, 0) is 0 Å². The van der Waals surface area contributed by atoms with Gasteiger partial charge < -0.3 is 9.47 Å². The van der Waals surface area contributed by atoms with Crippen LogP contribution in [0.3, 0.4) is 0 Å². The summed E-state index contributed by atoms with van der Waals surface area (Å²) in [5.41, 5.74) is -0.733. The van der Waals surface area contributed by atoms with Gasteiger partial charge in [-0.05, 0) is 33.5 Å². The Kier molecular flexibility index (Phi) is 6.33. The zero-order chi connectivity index (χ0) is 12.8. The molecule has 0 radical (unpaired) electrons. The molecule has 0 spiro atoms. The molecule has 0 saturated carbocycles. The van der Waals surface area contributed by atoms with Crippen LogP contribution in [0.1, 0.15) is 13.3 Å². The lowest BCUT2D eigenvalue weighted by Gasteiger charge is -2.30. The van der Waals surface area contributed by atoms with E-state index in [4.69, 9.17) is 9.47 Å². The molecule has 19 heavy (non-hydrogen) atoms. The lowest BCUT2D eigenvalue weighted by molar-refractivity contribution is -0.0332. The summed E-state index contributed by atoms with van der Waals surface area (Å²) < 4.78 is 11.8. The second-order valence-electron chi connectivity index (χ2n) is 4.00. The number of para-hydroxylation sites is 2. The van der Waals surface area contributed by atoms with E-state index in [-0.39, 0.29) is 17.0 Å². The molecule has 0 amide bonds. The van der Waals surface area contributed by atoms with E-state index in [1.54, 1.807) is 0 Å². The Morgan fingerprint density at radius 2 is 1.21 bits per heavy atom. The molecular formula is C15H18BrO2P. The Balaban J connectivity index is 0.00000180. The zero-order valence-electron chi connectivity index (χ0n) is 10.8. The van der Waals surface area contributed by atoms with Crippen LogP contribution in [0.25, 0.3) is 0 Å². The van der Waals surface area contributed by atoms with E-state index in [9.17, 15) is 0 Å². The molecular weight excluding hydrogens is 323 g/mol. The van der Waals surface area contributed by atoms with Crippen molar-refractivity contribution in [2.24, 2.45) is 0 Å². The summed E-state index contributed by atoms with van der Waals surface area (Å²) in [4.78, 5) is 0. The van der Waals surface area contributed by atoms with Crippen molar-refractivity contribution in [2.45, 2.75) is 18.9 Å². The predicted molar refractivity (Wildman–Crippen MR) is 87.2 cm³/mol. The van der Waals surface area contributed by atoms with Crippen LogP contribution in [0, 0.1) is 0 Å². The molecule has 4 heteroatoms. The SMILES string of the molecule is Br.CCC(P)(Oc1ccccc1)Oc1ccccc1. The summed E-state index contributed by atoms with van der Waals surface area (Å²) in [6, 6.07) is 19.4. The average molecular weight is 341 g/mol. The van der Waals surface area contributed by atoms with Gasteiger partial charge in [-0.1, -0.05) is 43.3 Å². The molecule has 0 saturated heterocycles. The molecule has 0 fully saturated rings. The first-order valence-corrected chi connectivity index (χ1v) is 6.56. The maximum Gasteiger partial charge on any atom is 0.262 e. The summed E-state index contributed by atoms with van der Waals surface area (Å²) in [5.74, 6) is 1.59. The smallest absolute Gasteiger partial charge is 0.262 e. The highest BCUT2D eigenvalue weighted by molar-refractivity contribution is 8.93. The fourth-order valence-electron chi connectivity index (χ4n) is 1.54. The lowest BCUT2D eigenvalue weighted by Crippen LogP contribution is -2.34. The van der Waals surface area contributed by atoms with E-state index >= 15 is 0 Å². The zero-order valence-corrected chi connectivity index (χ0v) is 13.7. The summed E-state index contributed by atoms with van der Waals surface area (Å²) in [7, 11) is 2.65.